The van der Waals surface area contributed by atoms with Crippen LogP contribution >= 0.6 is 0 Å². The van der Waals surface area contributed by atoms with Crippen molar-refractivity contribution in [2.24, 2.45) is 0 Å². The van der Waals surface area contributed by atoms with Crippen molar-refractivity contribution in [2.75, 3.05) is 11.9 Å². The number of carbonyl (C=O) groups is 3. The highest BCUT2D eigenvalue weighted by Gasteiger charge is 2.20. The molecule has 0 aliphatic carbocycles. The number of hydrogen-bond donors (Lipinski definition) is 1. The van der Waals surface area contributed by atoms with Crippen molar-refractivity contribution >= 4 is 23.3 Å². The molecular weight excluding hydrogens is 316 g/mol. The van der Waals surface area contributed by atoms with E-state index in [9.17, 15) is 14.4 Å². The summed E-state index contributed by atoms with van der Waals surface area (Å²) < 4.78 is 0. The van der Waals surface area contributed by atoms with Gasteiger partial charge in [0.25, 0.3) is 5.91 Å². The molecule has 2 amide bonds. The highest BCUT2D eigenvalue weighted by molar-refractivity contribution is 6.04. The summed E-state index contributed by atoms with van der Waals surface area (Å²) in [5.41, 5.74) is 2.81. The maximum atomic E-state index is 12.3. The number of rotatable bonds is 5. The van der Waals surface area contributed by atoms with Crippen LogP contribution in [-0.4, -0.2) is 29.0 Å². The fraction of sp³-hybridized carbons (Fsp3) is 0.250. The molecule has 2 aromatic carbocycles. The van der Waals surface area contributed by atoms with Crippen molar-refractivity contribution in [3.05, 3.63) is 65.2 Å². The Kier molecular flexibility index (Phi) is 4.93. The Balaban J connectivity index is 1.62. The quantitative estimate of drug-likeness (QED) is 0.852. The molecule has 0 radical (unpaired) electrons. The summed E-state index contributed by atoms with van der Waals surface area (Å²) in [6, 6.07) is 14.1. The maximum absolute atomic E-state index is 12.3. The van der Waals surface area contributed by atoms with Crippen LogP contribution in [-0.2, 0) is 11.3 Å². The summed E-state index contributed by atoms with van der Waals surface area (Å²) >= 11 is 0. The van der Waals surface area contributed by atoms with Crippen LogP contribution in [0.25, 0.3) is 0 Å². The standard InChI is InChI=1S/C20H20N2O3/c1-14(23)16-8-10-18(11-9-16)21-20(25)17-6-4-15(5-7-17)13-22-12-2-3-19(22)24/h4-11H,2-3,12-13H2,1H3,(H,21,25). The van der Waals surface area contributed by atoms with Crippen LogP contribution in [0.5, 0.6) is 0 Å². The minimum absolute atomic E-state index is 0.00931. The molecule has 5 nitrogen and oxygen atoms in total. The Morgan fingerprint density at radius 1 is 1.00 bits per heavy atom. The predicted molar refractivity (Wildman–Crippen MR) is 95.5 cm³/mol. The van der Waals surface area contributed by atoms with Crippen LogP contribution in [0.4, 0.5) is 5.69 Å². The molecule has 1 aliphatic heterocycles. The summed E-state index contributed by atoms with van der Waals surface area (Å²) in [5, 5.41) is 2.81. The molecule has 1 heterocycles. The zero-order valence-corrected chi connectivity index (χ0v) is 14.1. The number of benzene rings is 2. The second-order valence-corrected chi connectivity index (χ2v) is 6.20. The lowest BCUT2D eigenvalue weighted by atomic mass is 10.1. The lowest BCUT2D eigenvalue weighted by Gasteiger charge is -2.15. The van der Waals surface area contributed by atoms with Crippen LogP contribution < -0.4 is 5.32 Å². The van der Waals surface area contributed by atoms with Gasteiger partial charge in [0.2, 0.25) is 5.91 Å². The van der Waals surface area contributed by atoms with Crippen LogP contribution in [0.15, 0.2) is 48.5 Å². The first-order valence-corrected chi connectivity index (χ1v) is 8.32. The second kappa shape index (κ2) is 7.30. The normalized spacial score (nSPS) is 13.8. The van der Waals surface area contributed by atoms with E-state index in [1.165, 1.54) is 6.92 Å². The van der Waals surface area contributed by atoms with Gasteiger partial charge in [0.15, 0.2) is 5.78 Å². The fourth-order valence-electron chi connectivity index (χ4n) is 2.84. The van der Waals surface area contributed by atoms with Gasteiger partial charge in [0.1, 0.15) is 0 Å². The van der Waals surface area contributed by atoms with Gasteiger partial charge in [-0.05, 0) is 55.3 Å². The summed E-state index contributed by atoms with van der Waals surface area (Å²) in [7, 11) is 0. The summed E-state index contributed by atoms with van der Waals surface area (Å²) in [5.74, 6) is -0.0276. The predicted octanol–water partition coefficient (Wildman–Crippen LogP) is 3.26. The highest BCUT2D eigenvalue weighted by Crippen LogP contribution is 2.16. The van der Waals surface area contributed by atoms with Gasteiger partial charge < -0.3 is 10.2 Å². The molecule has 0 unspecified atom stereocenters. The van der Waals surface area contributed by atoms with Gasteiger partial charge in [0.05, 0.1) is 0 Å². The van der Waals surface area contributed by atoms with Crippen molar-refractivity contribution in [3.63, 3.8) is 0 Å². The van der Waals surface area contributed by atoms with E-state index in [1.54, 1.807) is 36.4 Å². The van der Waals surface area contributed by atoms with Crippen LogP contribution in [0, 0.1) is 0 Å². The minimum atomic E-state index is -0.209. The van der Waals surface area contributed by atoms with Crippen LogP contribution in [0.2, 0.25) is 0 Å². The molecule has 3 rings (SSSR count). The van der Waals surface area contributed by atoms with Gasteiger partial charge in [-0.15, -0.1) is 0 Å². The highest BCUT2D eigenvalue weighted by atomic mass is 16.2. The molecule has 1 saturated heterocycles. The molecule has 0 saturated carbocycles. The minimum Gasteiger partial charge on any atom is -0.338 e. The van der Waals surface area contributed by atoms with E-state index in [2.05, 4.69) is 5.32 Å². The third-order valence-electron chi connectivity index (χ3n) is 4.31. The van der Waals surface area contributed by atoms with Crippen molar-refractivity contribution in [3.8, 4) is 0 Å². The van der Waals surface area contributed by atoms with E-state index in [0.29, 0.717) is 29.8 Å². The number of ketones is 1. The maximum Gasteiger partial charge on any atom is 0.255 e. The van der Waals surface area contributed by atoms with Gasteiger partial charge in [-0.3, -0.25) is 14.4 Å². The molecule has 2 aromatic rings. The van der Waals surface area contributed by atoms with E-state index in [0.717, 1.165) is 18.5 Å². The third-order valence-corrected chi connectivity index (χ3v) is 4.31. The van der Waals surface area contributed by atoms with E-state index in [1.807, 2.05) is 17.0 Å². The molecule has 25 heavy (non-hydrogen) atoms. The van der Waals surface area contributed by atoms with Crippen molar-refractivity contribution in [1.29, 1.82) is 0 Å². The van der Waals surface area contributed by atoms with E-state index in [-0.39, 0.29) is 17.6 Å². The van der Waals surface area contributed by atoms with Gasteiger partial charge in [-0.2, -0.15) is 0 Å². The average molecular weight is 336 g/mol. The Labute approximate surface area is 146 Å². The Morgan fingerprint density at radius 3 is 2.20 bits per heavy atom. The van der Waals surface area contributed by atoms with Gasteiger partial charge in [0, 0.05) is 36.3 Å². The number of amides is 2. The molecule has 1 aliphatic rings. The lowest BCUT2D eigenvalue weighted by Crippen LogP contribution is -2.23. The fourth-order valence-corrected chi connectivity index (χ4v) is 2.84. The van der Waals surface area contributed by atoms with E-state index >= 15 is 0 Å². The first-order chi connectivity index (χ1) is 12.0. The van der Waals surface area contributed by atoms with Gasteiger partial charge in [-0.25, -0.2) is 0 Å². The second-order valence-electron chi connectivity index (χ2n) is 6.20. The molecule has 0 bridgehead atoms. The van der Waals surface area contributed by atoms with Crippen LogP contribution in [0.3, 0.4) is 0 Å². The average Bonchev–Trinajstić information content (AvgIpc) is 3.01. The van der Waals surface area contributed by atoms with Gasteiger partial charge >= 0.3 is 0 Å². The number of hydrogen-bond acceptors (Lipinski definition) is 3. The zero-order valence-electron chi connectivity index (χ0n) is 14.1. The van der Waals surface area contributed by atoms with Crippen molar-refractivity contribution < 1.29 is 14.4 Å². The van der Waals surface area contributed by atoms with Crippen LogP contribution in [0.1, 0.15) is 46.0 Å². The number of nitrogens with one attached hydrogen (secondary N) is 1. The number of anilines is 1. The smallest absolute Gasteiger partial charge is 0.255 e. The van der Waals surface area contributed by atoms with Gasteiger partial charge in [-0.1, -0.05) is 12.1 Å². The molecule has 5 heteroatoms. The Bertz CT molecular complexity index is 795. The molecule has 1 N–H and O–H groups in total. The number of Topliss-reactive ketones (excluding diaryl/α,β-unsaturated/α-hetero) is 1. The van der Waals surface area contributed by atoms with Crippen molar-refractivity contribution in [1.82, 2.24) is 4.90 Å². The monoisotopic (exact) mass is 336 g/mol. The molecule has 0 atom stereocenters. The Hall–Kier alpha value is -2.95. The molecule has 0 spiro atoms. The topological polar surface area (TPSA) is 66.5 Å². The lowest BCUT2D eigenvalue weighted by molar-refractivity contribution is -0.128. The largest absolute Gasteiger partial charge is 0.338 e. The number of nitrogens with zero attached hydrogens (tertiary/aromatic N) is 1. The molecule has 128 valence electrons. The third kappa shape index (κ3) is 4.12. The number of likely N-dealkylation sites (tertiary alicyclic amines) is 1. The van der Waals surface area contributed by atoms with Crippen molar-refractivity contribution in [2.45, 2.75) is 26.3 Å². The molecular formula is C20H20N2O3. The Morgan fingerprint density at radius 2 is 1.64 bits per heavy atom. The van der Waals surface area contributed by atoms with E-state index < -0.39 is 0 Å². The molecule has 1 fully saturated rings. The molecule has 0 aromatic heterocycles. The first-order valence-electron chi connectivity index (χ1n) is 8.32. The SMILES string of the molecule is CC(=O)c1ccc(NC(=O)c2ccc(CN3CCCC3=O)cc2)cc1. The summed E-state index contributed by atoms with van der Waals surface area (Å²) in [6.45, 7) is 2.90. The van der Waals surface area contributed by atoms with E-state index in [4.69, 9.17) is 0 Å². The summed E-state index contributed by atoms with van der Waals surface area (Å²) in [4.78, 5) is 37.1. The number of carbonyl (C=O) groups excluding carboxylic acids is 3. The summed E-state index contributed by atoms with van der Waals surface area (Å²) in [6.07, 6.45) is 1.55. The first kappa shape index (κ1) is 16.9. The zero-order chi connectivity index (χ0) is 17.8.